The molecule has 0 amide bonds. The van der Waals surface area contributed by atoms with Crippen molar-refractivity contribution in [1.82, 2.24) is 0 Å². The lowest BCUT2D eigenvalue weighted by molar-refractivity contribution is 0.587. The van der Waals surface area contributed by atoms with Crippen LogP contribution in [0.4, 0.5) is 0 Å². The highest BCUT2D eigenvalue weighted by Gasteiger charge is 2.53. The molecular weight excluding hydrogens is 901 g/mol. The van der Waals surface area contributed by atoms with Gasteiger partial charge in [-0.05, 0) is 133 Å². The fourth-order valence-electron chi connectivity index (χ4n) is 13.9. The quantitative estimate of drug-likeness (QED) is 0.156. The fraction of sp³-hybridized carbons (Fsp3) is 0.200. The normalized spacial score (nSPS) is 19.2. The van der Waals surface area contributed by atoms with Gasteiger partial charge in [0.15, 0.2) is 0 Å². The van der Waals surface area contributed by atoms with Gasteiger partial charge in [0.25, 0.3) is 0 Å². The van der Waals surface area contributed by atoms with Crippen molar-refractivity contribution in [2.75, 3.05) is 0 Å². The van der Waals surface area contributed by atoms with Crippen molar-refractivity contribution in [3.8, 4) is 33.4 Å². The Balaban J connectivity index is 1.29. The second-order valence-corrected chi connectivity index (χ2v) is 24.8. The van der Waals surface area contributed by atoms with Crippen molar-refractivity contribution in [3.05, 3.63) is 320 Å². The minimum Gasteiger partial charge on any atom is -0.0622 e. The van der Waals surface area contributed by atoms with Crippen LogP contribution in [0.2, 0.25) is 0 Å². The third-order valence-corrected chi connectivity index (χ3v) is 17.6. The summed E-state index contributed by atoms with van der Waals surface area (Å²) >= 11 is 0. The fourth-order valence-corrected chi connectivity index (χ4v) is 13.9. The standard InChI is InChI=1S/C75H66/c1-70(2,3)52-37-40-61-58-31-19-22-34-64(58)73(67(61)46-52,49-25-13-10-14-26-49)55-43-56(74(50-27-15-11-16-28-50)65-35-23-20-32-59(65)62-41-38-53(47-68(62)74)71(4,5)6)45-57(44-55)75(51-29-17-12-18-30-51)66-36-24-21-33-60(66)63-42-39-54(48-69(63)75)72(7,8)9/h10-48H,1-9H3. The highest BCUT2D eigenvalue weighted by molar-refractivity contribution is 5.91. The first-order valence-corrected chi connectivity index (χ1v) is 27.2. The smallest absolute Gasteiger partial charge is 0.0622 e. The average Bonchev–Trinajstić information content (AvgIpc) is 4.10. The van der Waals surface area contributed by atoms with Crippen LogP contribution in [-0.2, 0) is 32.5 Å². The Morgan fingerprint density at radius 1 is 0.200 bits per heavy atom. The molecule has 0 saturated heterocycles. The molecule has 10 aromatic rings. The SMILES string of the molecule is CC(C)(C)c1ccc2c(c1)C(c1ccccc1)(c1cc(C3(c4ccccc4)c4ccccc4-c4ccc(C(C)(C)C)cc43)cc(C3(c4ccccc4)c4ccccc4-c4ccc(C(C)(C)C)cc43)c1)c1ccccc1-2. The van der Waals surface area contributed by atoms with Crippen LogP contribution in [0, 0.1) is 0 Å². The second-order valence-electron chi connectivity index (χ2n) is 24.8. The van der Waals surface area contributed by atoms with E-state index in [-0.39, 0.29) is 16.2 Å². The summed E-state index contributed by atoms with van der Waals surface area (Å²) in [6, 6.07) is 92.4. The number of benzene rings is 10. The van der Waals surface area contributed by atoms with E-state index in [1.54, 1.807) is 0 Å². The molecular formula is C75H66. The molecule has 3 atom stereocenters. The van der Waals surface area contributed by atoms with E-state index in [1.807, 2.05) is 0 Å². The molecule has 366 valence electrons. The first-order chi connectivity index (χ1) is 36.1. The molecule has 0 nitrogen and oxygen atoms in total. The molecule has 3 aliphatic carbocycles. The summed E-state index contributed by atoms with van der Waals surface area (Å²) in [5.41, 5.74) is 24.8. The molecule has 3 aliphatic rings. The topological polar surface area (TPSA) is 0 Å². The van der Waals surface area contributed by atoms with E-state index < -0.39 is 16.2 Å². The summed E-state index contributed by atoms with van der Waals surface area (Å²) < 4.78 is 0. The molecule has 0 spiro atoms. The van der Waals surface area contributed by atoms with Crippen molar-refractivity contribution in [3.63, 3.8) is 0 Å². The van der Waals surface area contributed by atoms with Crippen molar-refractivity contribution < 1.29 is 0 Å². The average molecular weight is 967 g/mol. The predicted octanol–water partition coefficient (Wildman–Crippen LogP) is 18.7. The molecule has 75 heavy (non-hydrogen) atoms. The molecule has 0 aromatic heterocycles. The van der Waals surface area contributed by atoms with E-state index in [1.165, 1.54) is 117 Å². The van der Waals surface area contributed by atoms with Crippen LogP contribution < -0.4 is 0 Å². The maximum atomic E-state index is 2.67. The minimum absolute atomic E-state index is 0.0853. The van der Waals surface area contributed by atoms with Gasteiger partial charge in [0.05, 0.1) is 16.2 Å². The maximum Gasteiger partial charge on any atom is 0.0713 e. The van der Waals surface area contributed by atoms with Gasteiger partial charge in [0.2, 0.25) is 0 Å². The van der Waals surface area contributed by atoms with Crippen molar-refractivity contribution in [2.24, 2.45) is 0 Å². The Morgan fingerprint density at radius 2 is 0.427 bits per heavy atom. The van der Waals surface area contributed by atoms with E-state index in [0.29, 0.717) is 0 Å². The van der Waals surface area contributed by atoms with Gasteiger partial charge in [-0.25, -0.2) is 0 Å². The van der Waals surface area contributed by atoms with Gasteiger partial charge < -0.3 is 0 Å². The zero-order valence-electron chi connectivity index (χ0n) is 45.0. The van der Waals surface area contributed by atoms with Gasteiger partial charge in [0.1, 0.15) is 0 Å². The van der Waals surface area contributed by atoms with Gasteiger partial charge in [-0.3, -0.25) is 0 Å². The molecule has 0 heteroatoms. The highest BCUT2D eigenvalue weighted by Crippen LogP contribution is 2.63. The third-order valence-electron chi connectivity index (χ3n) is 17.6. The lowest BCUT2D eigenvalue weighted by atomic mass is 9.60. The van der Waals surface area contributed by atoms with Crippen molar-refractivity contribution in [2.45, 2.75) is 94.8 Å². The minimum atomic E-state index is -0.711. The highest BCUT2D eigenvalue weighted by atomic mass is 14.5. The summed E-state index contributed by atoms with van der Waals surface area (Å²) in [5.74, 6) is 0. The Hall–Kier alpha value is -7.80. The Bertz CT molecular complexity index is 3450. The summed E-state index contributed by atoms with van der Waals surface area (Å²) in [7, 11) is 0. The molecule has 0 fully saturated rings. The zero-order chi connectivity index (χ0) is 51.7. The van der Waals surface area contributed by atoms with E-state index >= 15 is 0 Å². The van der Waals surface area contributed by atoms with Gasteiger partial charge in [-0.15, -0.1) is 0 Å². The van der Waals surface area contributed by atoms with Gasteiger partial charge in [-0.2, -0.15) is 0 Å². The van der Waals surface area contributed by atoms with Crippen molar-refractivity contribution >= 4 is 0 Å². The molecule has 0 aliphatic heterocycles. The molecule has 13 rings (SSSR count). The van der Waals surface area contributed by atoms with E-state index in [0.717, 1.165) is 0 Å². The number of fused-ring (bicyclic) bond motifs is 9. The largest absolute Gasteiger partial charge is 0.0713 e. The summed E-state index contributed by atoms with van der Waals surface area (Å²) in [5, 5.41) is 0. The Kier molecular flexibility index (Phi) is 10.4. The Labute approximate surface area is 445 Å². The maximum absolute atomic E-state index is 2.67. The van der Waals surface area contributed by atoms with Crippen molar-refractivity contribution in [1.29, 1.82) is 0 Å². The van der Waals surface area contributed by atoms with E-state index in [2.05, 4.69) is 299 Å². The lowest BCUT2D eigenvalue weighted by Crippen LogP contribution is -2.35. The predicted molar refractivity (Wildman–Crippen MR) is 314 cm³/mol. The molecule has 0 saturated carbocycles. The monoisotopic (exact) mass is 967 g/mol. The van der Waals surface area contributed by atoms with Crippen LogP contribution in [0.5, 0.6) is 0 Å². The molecule has 0 bridgehead atoms. The third kappa shape index (κ3) is 6.67. The molecule has 0 heterocycles. The van der Waals surface area contributed by atoms with Crippen LogP contribution in [0.1, 0.15) is 146 Å². The van der Waals surface area contributed by atoms with Crippen LogP contribution in [0.15, 0.2) is 237 Å². The second kappa shape index (κ2) is 16.6. The summed E-state index contributed by atoms with van der Waals surface area (Å²) in [6.45, 7) is 21.2. The zero-order valence-corrected chi connectivity index (χ0v) is 45.0. The van der Waals surface area contributed by atoms with E-state index in [4.69, 9.17) is 0 Å². The first-order valence-electron chi connectivity index (χ1n) is 27.2. The van der Waals surface area contributed by atoms with Crippen LogP contribution in [-0.4, -0.2) is 0 Å². The molecule has 0 radical (unpaired) electrons. The number of rotatable bonds is 6. The van der Waals surface area contributed by atoms with Gasteiger partial charge >= 0.3 is 0 Å². The number of hydrogen-bond acceptors (Lipinski definition) is 0. The Morgan fingerprint density at radius 3 is 0.680 bits per heavy atom. The van der Waals surface area contributed by atoms with Crippen LogP contribution >= 0.6 is 0 Å². The molecule has 3 unspecified atom stereocenters. The number of hydrogen-bond donors (Lipinski definition) is 0. The van der Waals surface area contributed by atoms with Crippen LogP contribution in [0.3, 0.4) is 0 Å². The van der Waals surface area contributed by atoms with Crippen LogP contribution in [0.25, 0.3) is 33.4 Å². The molecule has 10 aromatic carbocycles. The summed E-state index contributed by atoms with van der Waals surface area (Å²) in [6.07, 6.45) is 0. The lowest BCUT2D eigenvalue weighted by Gasteiger charge is -2.41. The van der Waals surface area contributed by atoms with Gasteiger partial charge in [-0.1, -0.05) is 299 Å². The van der Waals surface area contributed by atoms with Gasteiger partial charge in [0, 0.05) is 0 Å². The molecule has 0 N–H and O–H groups in total. The van der Waals surface area contributed by atoms with E-state index in [9.17, 15) is 0 Å². The summed E-state index contributed by atoms with van der Waals surface area (Å²) in [4.78, 5) is 0. The first kappa shape index (κ1) is 46.9.